The first kappa shape index (κ1) is 65.6. The molecule has 2 unspecified atom stereocenters. The predicted octanol–water partition coefficient (Wildman–Crippen LogP) is 18.9. The van der Waals surface area contributed by atoms with Crippen LogP contribution in [0.5, 0.6) is 0 Å². The van der Waals surface area contributed by atoms with Gasteiger partial charge in [-0.2, -0.15) is 0 Å². The minimum atomic E-state index is -0.844. The number of hydrogen-bond donors (Lipinski definition) is 3. The molecule has 0 spiro atoms. The minimum absolute atomic E-state index is 0.0142. The van der Waals surface area contributed by atoms with Gasteiger partial charge in [0.1, 0.15) is 0 Å². The van der Waals surface area contributed by atoms with Gasteiger partial charge in [-0.25, -0.2) is 0 Å². The first-order chi connectivity index (χ1) is 33.0. The summed E-state index contributed by atoms with van der Waals surface area (Å²) in [6.07, 6.45) is 68.1. The van der Waals surface area contributed by atoms with Gasteiger partial charge in [-0.3, -0.25) is 9.59 Å². The Balaban J connectivity index is 3.39. The van der Waals surface area contributed by atoms with E-state index < -0.39 is 12.1 Å². The minimum Gasteiger partial charge on any atom is -0.466 e. The second-order valence-corrected chi connectivity index (χ2v) is 21.0. The summed E-state index contributed by atoms with van der Waals surface area (Å²) in [5.41, 5.74) is 0. The average Bonchev–Trinajstić information content (AvgIpc) is 3.33. The van der Waals surface area contributed by atoms with Gasteiger partial charge in [0.15, 0.2) is 0 Å². The molecule has 0 fully saturated rings. The van der Waals surface area contributed by atoms with Gasteiger partial charge in [-0.15, -0.1) is 0 Å². The summed E-state index contributed by atoms with van der Waals surface area (Å²) in [5.74, 6) is -0.0525. The Hall–Kier alpha value is -1.40. The monoisotopic (exact) mass is 946 g/mol. The first-order valence-corrected chi connectivity index (χ1v) is 30.5. The zero-order valence-corrected chi connectivity index (χ0v) is 45.4. The van der Waals surface area contributed by atoms with Crippen LogP contribution in [-0.4, -0.2) is 47.4 Å². The van der Waals surface area contributed by atoms with Crippen LogP contribution in [0.25, 0.3) is 0 Å². The van der Waals surface area contributed by atoms with E-state index in [1.54, 1.807) is 6.08 Å². The Bertz CT molecular complexity index is 1000. The standard InChI is InChI=1S/C61H119NO5/c1-3-5-7-9-11-13-15-17-26-29-33-37-41-45-49-53-59(64)58(57-63)62-60(65)54-50-46-42-38-34-30-27-24-22-20-19-21-23-25-28-32-36-40-44-48-52-56-67-61(66)55-51-47-43-39-35-31-18-16-14-12-10-8-6-4-2/h49,53,58-59,63-64H,3-48,50-52,54-57H2,1-2H3,(H,62,65)/b53-49+. The molecule has 398 valence electrons. The molecule has 0 radical (unpaired) electrons. The number of aliphatic hydroxyl groups excluding tert-OH is 2. The molecule has 0 bridgehead atoms. The van der Waals surface area contributed by atoms with Crippen LogP contribution in [0.15, 0.2) is 12.2 Å². The van der Waals surface area contributed by atoms with Crippen molar-refractivity contribution in [2.45, 2.75) is 353 Å². The van der Waals surface area contributed by atoms with Gasteiger partial charge in [-0.05, 0) is 32.1 Å². The Kier molecular flexibility index (Phi) is 56.0. The molecular weight excluding hydrogens is 827 g/mol. The summed E-state index contributed by atoms with van der Waals surface area (Å²) in [7, 11) is 0. The van der Waals surface area contributed by atoms with Crippen LogP contribution in [0.1, 0.15) is 341 Å². The number of rotatable bonds is 57. The van der Waals surface area contributed by atoms with Crippen LogP contribution in [0.2, 0.25) is 0 Å². The van der Waals surface area contributed by atoms with Gasteiger partial charge in [0, 0.05) is 12.8 Å². The lowest BCUT2D eigenvalue weighted by atomic mass is 10.0. The Morgan fingerprint density at radius 1 is 0.403 bits per heavy atom. The van der Waals surface area contributed by atoms with Gasteiger partial charge in [-0.1, -0.05) is 309 Å². The molecule has 6 nitrogen and oxygen atoms in total. The molecule has 0 heterocycles. The molecule has 0 aliphatic carbocycles. The predicted molar refractivity (Wildman–Crippen MR) is 292 cm³/mol. The van der Waals surface area contributed by atoms with E-state index in [0.29, 0.717) is 19.4 Å². The normalized spacial score (nSPS) is 12.6. The van der Waals surface area contributed by atoms with Gasteiger partial charge >= 0.3 is 5.97 Å². The molecule has 2 atom stereocenters. The molecule has 0 aromatic rings. The second kappa shape index (κ2) is 57.2. The number of ether oxygens (including phenoxy) is 1. The Morgan fingerprint density at radius 2 is 0.687 bits per heavy atom. The molecule has 6 heteroatoms. The lowest BCUT2D eigenvalue weighted by molar-refractivity contribution is -0.143. The quantitative estimate of drug-likeness (QED) is 0.0321. The van der Waals surface area contributed by atoms with Crippen LogP contribution in [0.3, 0.4) is 0 Å². The molecule has 67 heavy (non-hydrogen) atoms. The van der Waals surface area contributed by atoms with Crippen molar-refractivity contribution >= 4 is 11.9 Å². The molecular formula is C61H119NO5. The zero-order chi connectivity index (χ0) is 48.6. The third-order valence-corrected chi connectivity index (χ3v) is 14.3. The molecule has 0 saturated carbocycles. The van der Waals surface area contributed by atoms with Crippen LogP contribution in [-0.2, 0) is 14.3 Å². The highest BCUT2D eigenvalue weighted by Gasteiger charge is 2.18. The van der Waals surface area contributed by atoms with Crippen molar-refractivity contribution in [1.82, 2.24) is 5.32 Å². The molecule has 0 aliphatic rings. The van der Waals surface area contributed by atoms with Crippen molar-refractivity contribution < 1.29 is 24.5 Å². The number of nitrogens with one attached hydrogen (secondary N) is 1. The number of amides is 1. The Labute approximate surface area is 419 Å². The lowest BCUT2D eigenvalue weighted by Crippen LogP contribution is -2.45. The Morgan fingerprint density at radius 3 is 1.01 bits per heavy atom. The maximum absolute atomic E-state index is 12.5. The van der Waals surface area contributed by atoms with E-state index in [-0.39, 0.29) is 18.5 Å². The first-order valence-electron chi connectivity index (χ1n) is 30.5. The number of aliphatic hydroxyl groups is 2. The summed E-state index contributed by atoms with van der Waals surface area (Å²) in [6, 6.07) is -0.627. The van der Waals surface area contributed by atoms with Gasteiger partial charge < -0.3 is 20.3 Å². The van der Waals surface area contributed by atoms with Crippen LogP contribution in [0, 0.1) is 0 Å². The van der Waals surface area contributed by atoms with E-state index in [0.717, 1.165) is 38.5 Å². The molecule has 0 saturated heterocycles. The van der Waals surface area contributed by atoms with E-state index in [9.17, 15) is 19.8 Å². The molecule has 0 aromatic heterocycles. The van der Waals surface area contributed by atoms with Gasteiger partial charge in [0.2, 0.25) is 5.91 Å². The summed E-state index contributed by atoms with van der Waals surface area (Å²) in [6.45, 7) is 4.93. The molecule has 0 aliphatic heterocycles. The van der Waals surface area contributed by atoms with Crippen molar-refractivity contribution in [1.29, 1.82) is 0 Å². The highest BCUT2D eigenvalue weighted by molar-refractivity contribution is 5.76. The summed E-state index contributed by atoms with van der Waals surface area (Å²) in [5, 5.41) is 23.1. The highest BCUT2D eigenvalue weighted by Crippen LogP contribution is 2.18. The number of unbranched alkanes of at least 4 members (excludes halogenated alkanes) is 46. The maximum atomic E-state index is 12.5. The largest absolute Gasteiger partial charge is 0.466 e. The molecule has 1 amide bonds. The van der Waals surface area contributed by atoms with E-state index >= 15 is 0 Å². The summed E-state index contributed by atoms with van der Waals surface area (Å²) >= 11 is 0. The SMILES string of the molecule is CCCCCCCCCCCCCCC/C=C/C(O)C(CO)NC(=O)CCCCCCCCCCCCCCCCCCCCCCCOC(=O)CCCCCCCCCCCCCCCC. The summed E-state index contributed by atoms with van der Waals surface area (Å²) < 4.78 is 5.48. The number of allylic oxidation sites excluding steroid dienone is 1. The van der Waals surface area contributed by atoms with Crippen molar-refractivity contribution in [3.63, 3.8) is 0 Å². The van der Waals surface area contributed by atoms with Crippen molar-refractivity contribution in [3.8, 4) is 0 Å². The zero-order valence-electron chi connectivity index (χ0n) is 45.4. The smallest absolute Gasteiger partial charge is 0.305 e. The molecule has 0 rings (SSSR count). The van der Waals surface area contributed by atoms with E-state index in [1.807, 2.05) is 6.08 Å². The third-order valence-electron chi connectivity index (χ3n) is 14.3. The van der Waals surface area contributed by atoms with E-state index in [2.05, 4.69) is 19.2 Å². The summed E-state index contributed by atoms with van der Waals surface area (Å²) in [4.78, 5) is 24.5. The fraction of sp³-hybridized carbons (Fsp3) is 0.934. The fourth-order valence-corrected chi connectivity index (χ4v) is 9.64. The highest BCUT2D eigenvalue weighted by atomic mass is 16.5. The number of esters is 1. The lowest BCUT2D eigenvalue weighted by Gasteiger charge is -2.20. The number of hydrogen-bond acceptors (Lipinski definition) is 5. The molecule has 0 aromatic carbocycles. The van der Waals surface area contributed by atoms with Crippen molar-refractivity contribution in [3.05, 3.63) is 12.2 Å². The second-order valence-electron chi connectivity index (χ2n) is 21.0. The van der Waals surface area contributed by atoms with Crippen molar-refractivity contribution in [2.24, 2.45) is 0 Å². The third kappa shape index (κ3) is 53.8. The van der Waals surface area contributed by atoms with Crippen LogP contribution in [0.4, 0.5) is 0 Å². The van der Waals surface area contributed by atoms with Gasteiger partial charge in [0.25, 0.3) is 0 Å². The topological polar surface area (TPSA) is 95.9 Å². The average molecular weight is 947 g/mol. The molecule has 3 N–H and O–H groups in total. The van der Waals surface area contributed by atoms with Gasteiger partial charge in [0.05, 0.1) is 25.4 Å². The van der Waals surface area contributed by atoms with Crippen molar-refractivity contribution in [2.75, 3.05) is 13.2 Å². The maximum Gasteiger partial charge on any atom is 0.305 e. The number of carbonyl (C=O) groups excluding carboxylic acids is 2. The fourth-order valence-electron chi connectivity index (χ4n) is 9.64. The number of carbonyl (C=O) groups is 2. The van der Waals surface area contributed by atoms with E-state index in [1.165, 1.54) is 276 Å². The van der Waals surface area contributed by atoms with Crippen LogP contribution < -0.4 is 5.32 Å². The van der Waals surface area contributed by atoms with E-state index in [4.69, 9.17) is 4.74 Å². The van der Waals surface area contributed by atoms with Crippen LogP contribution >= 0.6 is 0 Å².